The van der Waals surface area contributed by atoms with Gasteiger partial charge in [-0.25, -0.2) is 9.79 Å². The monoisotopic (exact) mass is 1470 g/mol. The van der Waals surface area contributed by atoms with Crippen LogP contribution in [0.3, 0.4) is 0 Å². The standard InChI is InChI=1S/C67H99N15O16S3/c1-3-5-17-71-67(98)72-34-48-42-100-40-46-30-45(39-99-29-18-70-56(84)35-77-21-23-78(36-57(85)86)25-27-80(38-59(89)90)28-26-79(24-22-77)37-58(87)88)31-47(32-46)41-101-43-52(60(69)91)76-63(94)51(33-44-11-7-6-8-12-44)75-62(93)50(15-16-55(68)83)74-61(92)49(4-2)73-64(95)53-13-9-19-81(53)66(97)54-14-10-20-82(54)65(48)96/h6-8,11-12,30-32,34,48-54H,3-5,9-10,13-29,33,35-43H2,1-2H3,(H2,68,83)(H2,69,91)(H,70,84)(H,71,98)(H,73,95)(H,74,92)(H,75,93)(H,76,94)(H,85,86)(H,87,88)(H,89,90)/b72-34+/t48?,49-,50-,51-,52-,53-,54-/m0/s1. The maximum atomic E-state index is 14.9. The molecule has 2 aromatic carbocycles. The minimum atomic E-state index is -1.45. The Bertz CT molecular complexity index is 3180. The number of primary amides is 2. The fourth-order valence-corrected chi connectivity index (χ4v) is 15.0. The number of rotatable bonds is 24. The molecule has 7 atom stereocenters. The van der Waals surface area contributed by atoms with Gasteiger partial charge in [0.1, 0.15) is 36.3 Å². The van der Waals surface area contributed by atoms with Crippen molar-refractivity contribution < 1.29 is 77.6 Å². The lowest BCUT2D eigenvalue weighted by Gasteiger charge is -2.32. The molecule has 3 saturated heterocycles. The molecule has 556 valence electrons. The van der Waals surface area contributed by atoms with Crippen molar-refractivity contribution in [2.24, 2.45) is 22.4 Å². The summed E-state index contributed by atoms with van der Waals surface area (Å²) in [5, 5.41) is 45.4. The summed E-state index contributed by atoms with van der Waals surface area (Å²) in [7, 11) is 0. The number of aliphatic carboxylic acids is 3. The SMILES string of the molecule is CCCCNC(=O)/N=C/C1CSCc2cc(CSCCNC(=O)CN3CCN(CC(=O)O)CCN(CC(=O)O)CCN(CC(=O)O)CC3)cc(c2)CSC[C@@H](C(N)=O)NC(=O)[C@H](Cc2ccccc2)NC(=O)[C@H](CCC(N)=O)NC(=O)[C@H](CC)NC(=O)[C@@H]2CCCN2C(=O)[C@@H]2CCCN2C1=O. The van der Waals surface area contributed by atoms with Crippen LogP contribution >= 0.6 is 35.3 Å². The highest BCUT2D eigenvalue weighted by atomic mass is 32.2. The van der Waals surface area contributed by atoms with Crippen LogP contribution < -0.4 is 43.4 Å². The molecule has 2 bridgehead atoms. The maximum absolute atomic E-state index is 14.9. The van der Waals surface area contributed by atoms with E-state index in [0.717, 1.165) is 23.1 Å². The predicted molar refractivity (Wildman–Crippen MR) is 382 cm³/mol. The third kappa shape index (κ3) is 28.8. The molecule has 31 nitrogen and oxygen atoms in total. The number of carboxylic acid groups (broad SMARTS) is 3. The largest absolute Gasteiger partial charge is 0.480 e. The molecule has 1 unspecified atom stereocenters. The summed E-state index contributed by atoms with van der Waals surface area (Å²) in [6, 6.07) is 6.80. The van der Waals surface area contributed by atoms with Crippen LogP contribution in [0.15, 0.2) is 53.5 Å². The minimum Gasteiger partial charge on any atom is -0.480 e. The Morgan fingerprint density at radius 2 is 1.13 bits per heavy atom. The van der Waals surface area contributed by atoms with Crippen molar-refractivity contribution in [3.05, 3.63) is 70.8 Å². The smallest absolute Gasteiger partial charge is 0.340 e. The number of nitrogens with zero attached hydrogens (tertiary/aromatic N) is 7. The van der Waals surface area contributed by atoms with Gasteiger partial charge in [-0.15, -0.1) is 0 Å². The molecule has 0 aromatic heterocycles. The number of nitrogens with one attached hydrogen (secondary N) is 6. The number of nitrogens with two attached hydrogens (primary N) is 2. The molecule has 101 heavy (non-hydrogen) atoms. The van der Waals surface area contributed by atoms with Crippen molar-refractivity contribution in [3.8, 4) is 0 Å². The highest BCUT2D eigenvalue weighted by molar-refractivity contribution is 7.99. The molecular weight excluding hydrogens is 1370 g/mol. The predicted octanol–water partition coefficient (Wildman–Crippen LogP) is -0.487. The number of carbonyl (C=O) groups is 13. The van der Waals surface area contributed by atoms with Crippen molar-refractivity contribution in [1.82, 2.24) is 61.3 Å². The van der Waals surface area contributed by atoms with Gasteiger partial charge in [0.15, 0.2) is 0 Å². The summed E-state index contributed by atoms with van der Waals surface area (Å²) >= 11 is 4.23. The van der Waals surface area contributed by atoms with Gasteiger partial charge in [-0.2, -0.15) is 35.3 Å². The van der Waals surface area contributed by atoms with Gasteiger partial charge in [0.05, 0.1) is 32.1 Å². The van der Waals surface area contributed by atoms with E-state index < -0.39 is 113 Å². The van der Waals surface area contributed by atoms with Gasteiger partial charge < -0.3 is 68.5 Å². The first-order valence-electron chi connectivity index (χ1n) is 34.3. The molecular formula is C67H99N15O16S3. The van der Waals surface area contributed by atoms with Gasteiger partial charge in [0.2, 0.25) is 53.2 Å². The zero-order valence-corrected chi connectivity index (χ0v) is 60.0. The number of aliphatic imine (C=N–C) groups is 1. The average molecular weight is 1470 g/mol. The third-order valence-electron chi connectivity index (χ3n) is 17.5. The molecule has 13 N–H and O–H groups in total. The van der Waals surface area contributed by atoms with Crippen LogP contribution in [0.2, 0.25) is 0 Å². The van der Waals surface area contributed by atoms with E-state index in [1.807, 2.05) is 30.0 Å². The summed E-state index contributed by atoms with van der Waals surface area (Å²) in [4.78, 5) is 188. The summed E-state index contributed by atoms with van der Waals surface area (Å²) in [6.07, 6.45) is 3.64. The van der Waals surface area contributed by atoms with E-state index in [-0.39, 0.29) is 148 Å². The molecule has 11 amide bonds. The molecule has 0 radical (unpaired) electrons. The number of thioether (sulfide) groups is 3. The molecule has 4 heterocycles. The van der Waals surface area contributed by atoms with Crippen LogP contribution in [0.25, 0.3) is 0 Å². The van der Waals surface area contributed by atoms with Crippen LogP contribution in [-0.4, -0.2) is 286 Å². The Morgan fingerprint density at radius 1 is 0.604 bits per heavy atom. The van der Waals surface area contributed by atoms with E-state index in [9.17, 15) is 77.6 Å². The number of unbranched alkanes of at least 4 members (excludes halogenated alkanes) is 1. The van der Waals surface area contributed by atoms with Crippen molar-refractivity contribution in [1.29, 1.82) is 0 Å². The van der Waals surface area contributed by atoms with E-state index in [1.165, 1.54) is 51.3 Å². The van der Waals surface area contributed by atoms with Gasteiger partial charge in [-0.1, -0.05) is 68.8 Å². The topological polar surface area (TPSA) is 439 Å². The summed E-state index contributed by atoms with van der Waals surface area (Å²) in [5.41, 5.74) is 14.7. The highest BCUT2D eigenvalue weighted by Gasteiger charge is 2.44. The van der Waals surface area contributed by atoms with Gasteiger partial charge in [-0.05, 0) is 67.2 Å². The van der Waals surface area contributed by atoms with E-state index >= 15 is 0 Å². The van der Waals surface area contributed by atoms with Crippen molar-refractivity contribution in [3.63, 3.8) is 0 Å². The van der Waals surface area contributed by atoms with Crippen molar-refractivity contribution >= 4 is 119 Å². The number of hydrogen-bond donors (Lipinski definition) is 11. The van der Waals surface area contributed by atoms with Crippen LogP contribution in [0.5, 0.6) is 0 Å². The number of carboxylic acids is 3. The third-order valence-corrected chi connectivity index (χ3v) is 20.8. The minimum absolute atomic E-state index is 0.0169. The first-order valence-corrected chi connectivity index (χ1v) is 37.8. The lowest BCUT2D eigenvalue weighted by Crippen LogP contribution is -2.59. The van der Waals surface area contributed by atoms with E-state index in [2.05, 4.69) is 36.9 Å². The van der Waals surface area contributed by atoms with Crippen molar-refractivity contribution in [2.45, 2.75) is 132 Å². The molecule has 3 fully saturated rings. The first-order chi connectivity index (χ1) is 48.4. The Morgan fingerprint density at radius 3 is 1.68 bits per heavy atom. The fourth-order valence-electron chi connectivity index (χ4n) is 12.2. The molecule has 4 aliphatic heterocycles. The normalized spacial score (nSPS) is 23.1. The molecule has 0 aliphatic carbocycles. The highest BCUT2D eigenvalue weighted by Crippen LogP contribution is 2.29. The van der Waals surface area contributed by atoms with Crippen LogP contribution in [-0.2, 0) is 81.2 Å². The Hall–Kier alpha value is -7.89. The van der Waals surface area contributed by atoms with Crippen LogP contribution in [0.1, 0.15) is 93.9 Å². The molecule has 34 heteroatoms. The molecule has 0 saturated carbocycles. The lowest BCUT2D eigenvalue weighted by atomic mass is 10.0. The Labute approximate surface area is 601 Å². The number of urea groups is 1. The molecule has 6 rings (SSSR count). The first kappa shape index (κ1) is 82.1. The second kappa shape index (κ2) is 43.2. The van der Waals surface area contributed by atoms with Gasteiger partial charge in [0.25, 0.3) is 0 Å². The Balaban J connectivity index is 1.26. The number of amides is 11. The zero-order chi connectivity index (χ0) is 73.4. The van der Waals surface area contributed by atoms with Crippen molar-refractivity contribution in [2.75, 3.05) is 122 Å². The van der Waals surface area contributed by atoms with Crippen LogP contribution in [0.4, 0.5) is 4.79 Å². The lowest BCUT2D eigenvalue weighted by molar-refractivity contribution is -0.147. The van der Waals surface area contributed by atoms with Gasteiger partial charge in [-0.3, -0.25) is 77.1 Å². The quantitative estimate of drug-likeness (QED) is 0.0467. The van der Waals surface area contributed by atoms with Crippen LogP contribution in [0, 0.1) is 5.92 Å². The Kier molecular flexibility index (Phi) is 35.1. The molecule has 2 aromatic rings. The van der Waals surface area contributed by atoms with Gasteiger partial charge in [0, 0.05) is 132 Å². The summed E-state index contributed by atoms with van der Waals surface area (Å²) < 4.78 is 0. The zero-order valence-electron chi connectivity index (χ0n) is 57.5. The van der Waals surface area contributed by atoms with E-state index in [1.54, 1.807) is 52.0 Å². The van der Waals surface area contributed by atoms with E-state index in [0.29, 0.717) is 60.8 Å². The number of hydrogen-bond acceptors (Lipinski definition) is 20. The van der Waals surface area contributed by atoms with E-state index in [4.69, 9.17) is 11.5 Å². The average Bonchev–Trinajstić information content (AvgIpc) is 1.68. The molecule has 0 spiro atoms. The van der Waals surface area contributed by atoms with Gasteiger partial charge >= 0.3 is 23.9 Å². The maximum Gasteiger partial charge on any atom is 0.340 e. The molecule has 4 aliphatic rings. The second-order valence-electron chi connectivity index (χ2n) is 25.5. The number of benzene rings is 2. The fraction of sp³-hybridized carbons (Fsp3) is 0.612. The second-order valence-corrected chi connectivity index (χ2v) is 28.6. The summed E-state index contributed by atoms with van der Waals surface area (Å²) in [5.74, 6) is -8.37. The number of fused-ring (bicyclic) bond motifs is 4. The number of carbonyl (C=O) groups excluding carboxylic acids is 10. The summed E-state index contributed by atoms with van der Waals surface area (Å²) in [6.45, 7) is 5.62.